The highest BCUT2D eigenvalue weighted by atomic mass is 31.2. The molecule has 0 aliphatic carbocycles. The van der Waals surface area contributed by atoms with Crippen LogP contribution in [0, 0.1) is 0 Å². The molecule has 10 nitrogen and oxygen atoms in total. The number of fused-ring (bicyclic) bond motifs is 1. The van der Waals surface area contributed by atoms with Crippen molar-refractivity contribution in [2.75, 3.05) is 19.0 Å². The van der Waals surface area contributed by atoms with Gasteiger partial charge in [-0.2, -0.15) is 0 Å². The molecule has 0 radical (unpaired) electrons. The van der Waals surface area contributed by atoms with Crippen LogP contribution in [0.4, 0.5) is 5.82 Å². The third kappa shape index (κ3) is 3.85. The van der Waals surface area contributed by atoms with Crippen molar-refractivity contribution < 1.29 is 23.6 Å². The van der Waals surface area contributed by atoms with E-state index in [0.717, 1.165) is 6.42 Å². The Bertz CT molecular complexity index is 732. The van der Waals surface area contributed by atoms with E-state index in [1.165, 1.54) is 6.33 Å². The van der Waals surface area contributed by atoms with Crippen molar-refractivity contribution in [2.24, 2.45) is 0 Å². The fraction of sp³-hybridized carbons (Fsp3) is 0.583. The summed E-state index contributed by atoms with van der Waals surface area (Å²) in [6.45, 7) is 0.445. The van der Waals surface area contributed by atoms with Gasteiger partial charge in [-0.25, -0.2) is 19.5 Å². The average molecular weight is 343 g/mol. The Labute approximate surface area is 132 Å². The number of hydrogen-bond acceptors (Lipinski definition) is 7. The van der Waals surface area contributed by atoms with Gasteiger partial charge in [0.15, 0.2) is 11.5 Å². The molecule has 11 heteroatoms. The van der Waals surface area contributed by atoms with E-state index in [0.29, 0.717) is 29.9 Å². The zero-order chi connectivity index (χ0) is 16.4. The number of nitrogens with one attached hydrogen (secondary N) is 1. The standard InChI is InChI=1S/C12H18N5O5P/c1-13-11-10-12(15-6-14-11)17(7-16-10)4-8-2-3-9(22-8)5-21-23(18,19)20/h6-9H,2-5H2,1H3,(H,13,14,15)(H2,18,19,20)/t8-,9+/m1/s1. The molecule has 3 heterocycles. The summed E-state index contributed by atoms with van der Waals surface area (Å²) in [7, 11) is -2.68. The molecule has 3 rings (SSSR count). The first-order valence-corrected chi connectivity index (χ1v) is 8.68. The first kappa shape index (κ1) is 16.3. The van der Waals surface area contributed by atoms with Crippen LogP contribution >= 0.6 is 7.82 Å². The van der Waals surface area contributed by atoms with Gasteiger partial charge in [0.2, 0.25) is 0 Å². The highest BCUT2D eigenvalue weighted by Gasteiger charge is 2.28. The van der Waals surface area contributed by atoms with Crippen LogP contribution in [0.5, 0.6) is 0 Å². The van der Waals surface area contributed by atoms with Gasteiger partial charge in [-0.3, -0.25) is 4.52 Å². The van der Waals surface area contributed by atoms with Crippen molar-refractivity contribution in [1.29, 1.82) is 0 Å². The number of phosphoric ester groups is 1. The lowest BCUT2D eigenvalue weighted by atomic mass is 10.2. The number of anilines is 1. The third-order valence-corrected chi connectivity index (χ3v) is 4.15. The number of rotatable bonds is 6. The molecule has 0 saturated carbocycles. The second kappa shape index (κ2) is 6.50. The van der Waals surface area contributed by atoms with E-state index in [-0.39, 0.29) is 18.8 Å². The summed E-state index contributed by atoms with van der Waals surface area (Å²) in [4.78, 5) is 30.1. The third-order valence-electron chi connectivity index (χ3n) is 3.66. The molecule has 126 valence electrons. The first-order chi connectivity index (χ1) is 11.0. The highest BCUT2D eigenvalue weighted by Crippen LogP contribution is 2.37. The normalized spacial score (nSPS) is 21.9. The highest BCUT2D eigenvalue weighted by molar-refractivity contribution is 7.46. The van der Waals surface area contributed by atoms with Gasteiger partial charge in [-0.1, -0.05) is 0 Å². The molecular formula is C12H18N5O5P. The van der Waals surface area contributed by atoms with Crippen molar-refractivity contribution in [3.05, 3.63) is 12.7 Å². The lowest BCUT2D eigenvalue weighted by Gasteiger charge is -2.15. The van der Waals surface area contributed by atoms with Crippen LogP contribution in [0.2, 0.25) is 0 Å². The van der Waals surface area contributed by atoms with Crippen LogP contribution in [0.3, 0.4) is 0 Å². The fourth-order valence-electron chi connectivity index (χ4n) is 2.63. The second-order valence-corrected chi connectivity index (χ2v) is 6.52. The summed E-state index contributed by atoms with van der Waals surface area (Å²) < 4.78 is 22.9. The van der Waals surface area contributed by atoms with Gasteiger partial charge in [-0.15, -0.1) is 0 Å². The fourth-order valence-corrected chi connectivity index (χ4v) is 2.99. The summed E-state index contributed by atoms with van der Waals surface area (Å²) in [6, 6.07) is 0. The maximum absolute atomic E-state index is 10.7. The zero-order valence-electron chi connectivity index (χ0n) is 12.5. The maximum atomic E-state index is 10.7. The Morgan fingerprint density at radius 1 is 1.39 bits per heavy atom. The molecule has 2 atom stereocenters. The largest absolute Gasteiger partial charge is 0.469 e. The van der Waals surface area contributed by atoms with E-state index in [4.69, 9.17) is 14.5 Å². The summed E-state index contributed by atoms with van der Waals surface area (Å²) in [5, 5.41) is 2.97. The van der Waals surface area contributed by atoms with Crippen molar-refractivity contribution in [1.82, 2.24) is 19.5 Å². The monoisotopic (exact) mass is 343 g/mol. The quantitative estimate of drug-likeness (QED) is 0.642. The molecule has 1 fully saturated rings. The van der Waals surface area contributed by atoms with Gasteiger partial charge in [0, 0.05) is 7.05 Å². The Morgan fingerprint density at radius 2 is 2.17 bits per heavy atom. The van der Waals surface area contributed by atoms with Crippen molar-refractivity contribution in [3.8, 4) is 0 Å². The van der Waals surface area contributed by atoms with Crippen LogP contribution in [0.1, 0.15) is 12.8 Å². The van der Waals surface area contributed by atoms with Crippen LogP contribution < -0.4 is 5.32 Å². The number of hydrogen-bond donors (Lipinski definition) is 3. The molecule has 2 aromatic rings. The summed E-state index contributed by atoms with van der Waals surface area (Å²) >= 11 is 0. The number of aromatic nitrogens is 4. The van der Waals surface area contributed by atoms with Gasteiger partial charge in [0.1, 0.15) is 11.8 Å². The predicted octanol–water partition coefficient (Wildman–Crippen LogP) is 0.525. The molecule has 0 aromatic carbocycles. The Balaban J connectivity index is 1.64. The molecule has 0 unspecified atom stereocenters. The van der Waals surface area contributed by atoms with Gasteiger partial charge in [0.25, 0.3) is 0 Å². The van der Waals surface area contributed by atoms with Crippen molar-refractivity contribution in [2.45, 2.75) is 31.6 Å². The minimum atomic E-state index is -4.46. The molecular weight excluding hydrogens is 325 g/mol. The van der Waals surface area contributed by atoms with Gasteiger partial charge in [-0.05, 0) is 12.8 Å². The average Bonchev–Trinajstić information content (AvgIpc) is 3.12. The molecule has 3 N–H and O–H groups in total. The van der Waals surface area contributed by atoms with E-state index >= 15 is 0 Å². The number of imidazole rings is 1. The molecule has 1 aliphatic heterocycles. The van der Waals surface area contributed by atoms with Crippen LogP contribution in [0.25, 0.3) is 11.2 Å². The Kier molecular flexibility index (Phi) is 4.60. The molecule has 0 amide bonds. The number of phosphoric acid groups is 1. The number of nitrogens with zero attached hydrogens (tertiary/aromatic N) is 4. The van der Waals surface area contributed by atoms with Gasteiger partial charge in [0.05, 0.1) is 31.7 Å². The van der Waals surface area contributed by atoms with Crippen molar-refractivity contribution >= 4 is 24.8 Å². The van der Waals surface area contributed by atoms with E-state index in [1.54, 1.807) is 13.4 Å². The molecule has 0 bridgehead atoms. The van der Waals surface area contributed by atoms with Crippen LogP contribution in [-0.2, 0) is 20.4 Å². The lowest BCUT2D eigenvalue weighted by Crippen LogP contribution is -2.20. The van der Waals surface area contributed by atoms with Gasteiger partial charge < -0.3 is 24.4 Å². The molecule has 1 aliphatic rings. The minimum absolute atomic E-state index is 0.0780. The topological polar surface area (TPSA) is 132 Å². The Morgan fingerprint density at radius 3 is 2.91 bits per heavy atom. The summed E-state index contributed by atoms with van der Waals surface area (Å²) in [5.41, 5.74) is 1.40. The zero-order valence-corrected chi connectivity index (χ0v) is 13.4. The summed E-state index contributed by atoms with van der Waals surface area (Å²) in [6.07, 6.45) is 4.23. The van der Waals surface area contributed by atoms with Crippen molar-refractivity contribution in [3.63, 3.8) is 0 Å². The second-order valence-electron chi connectivity index (χ2n) is 5.29. The first-order valence-electron chi connectivity index (χ1n) is 7.15. The van der Waals surface area contributed by atoms with Crippen LogP contribution in [0.15, 0.2) is 12.7 Å². The van der Waals surface area contributed by atoms with E-state index in [2.05, 4.69) is 24.8 Å². The minimum Gasteiger partial charge on any atom is -0.371 e. The maximum Gasteiger partial charge on any atom is 0.469 e. The molecule has 1 saturated heterocycles. The van der Waals surface area contributed by atoms with E-state index < -0.39 is 7.82 Å². The number of ether oxygens (including phenoxy) is 1. The molecule has 0 spiro atoms. The lowest BCUT2D eigenvalue weighted by molar-refractivity contribution is 0.00477. The smallest absolute Gasteiger partial charge is 0.371 e. The van der Waals surface area contributed by atoms with E-state index in [1.807, 2.05) is 4.57 Å². The van der Waals surface area contributed by atoms with E-state index in [9.17, 15) is 4.57 Å². The van der Waals surface area contributed by atoms with Crippen LogP contribution in [-0.4, -0.2) is 55.2 Å². The Hall–Kier alpha value is -1.58. The van der Waals surface area contributed by atoms with Gasteiger partial charge >= 0.3 is 7.82 Å². The molecule has 2 aromatic heterocycles. The SMILES string of the molecule is CNc1ncnc2c1ncn2C[C@H]1CC[C@@H](COP(=O)(O)O)O1. The predicted molar refractivity (Wildman–Crippen MR) is 80.8 cm³/mol. The summed E-state index contributed by atoms with van der Waals surface area (Å²) in [5.74, 6) is 0.661. The molecule has 23 heavy (non-hydrogen) atoms.